The van der Waals surface area contributed by atoms with Crippen molar-refractivity contribution in [2.24, 2.45) is 0 Å². The van der Waals surface area contributed by atoms with Gasteiger partial charge >= 0.3 is 0 Å². The maximum absolute atomic E-state index is 11.0. The van der Waals surface area contributed by atoms with E-state index < -0.39 is 0 Å². The smallest absolute Gasteiger partial charge is 0.209 e. The number of hydrogen-bond acceptors (Lipinski definition) is 8. The number of benzene rings is 2. The summed E-state index contributed by atoms with van der Waals surface area (Å²) in [6.45, 7) is 5.45. The summed E-state index contributed by atoms with van der Waals surface area (Å²) in [5.41, 5.74) is 2.16. The van der Waals surface area contributed by atoms with Crippen molar-refractivity contribution in [2.75, 3.05) is 66.4 Å². The molecule has 3 aliphatic heterocycles. The van der Waals surface area contributed by atoms with Gasteiger partial charge in [0.1, 0.15) is 24.4 Å². The fourth-order valence-corrected chi connectivity index (χ4v) is 5.22. The normalized spacial score (nSPS) is 19.6. The molecule has 34 heavy (non-hydrogen) atoms. The van der Waals surface area contributed by atoms with E-state index in [4.69, 9.17) is 4.74 Å². The van der Waals surface area contributed by atoms with Crippen LogP contribution in [0.5, 0.6) is 5.75 Å². The second-order valence-corrected chi connectivity index (χ2v) is 9.04. The second-order valence-electron chi connectivity index (χ2n) is 9.04. The summed E-state index contributed by atoms with van der Waals surface area (Å²) >= 11 is 0. The monoisotopic (exact) mass is 459 g/mol. The first-order valence-electron chi connectivity index (χ1n) is 12.0. The molecule has 0 aliphatic carbocycles. The van der Waals surface area contributed by atoms with E-state index in [1.54, 1.807) is 6.33 Å². The number of nitrogens with one attached hydrogen (secondary N) is 2. The van der Waals surface area contributed by atoms with E-state index >= 15 is 0 Å². The SMILES string of the molecule is O=CN1CCN(c2ccc3cccc(OC[C@H]4CCCN4c4ncnc5c4NCN5)c3c2)CC1. The molecule has 2 aromatic carbocycles. The molecule has 9 heteroatoms. The van der Waals surface area contributed by atoms with Crippen LogP contribution in [0.3, 0.4) is 0 Å². The van der Waals surface area contributed by atoms with Gasteiger partial charge < -0.3 is 30.1 Å². The van der Waals surface area contributed by atoms with Gasteiger partial charge in [0.25, 0.3) is 0 Å². The van der Waals surface area contributed by atoms with Crippen molar-refractivity contribution >= 4 is 40.2 Å². The molecule has 176 valence electrons. The third-order valence-corrected chi connectivity index (χ3v) is 7.08. The molecule has 2 saturated heterocycles. The minimum atomic E-state index is 0.260. The Bertz CT molecular complexity index is 1200. The average Bonchev–Trinajstić information content (AvgIpc) is 3.57. The molecule has 4 heterocycles. The molecule has 3 aliphatic rings. The van der Waals surface area contributed by atoms with Crippen molar-refractivity contribution in [3.05, 3.63) is 42.7 Å². The highest BCUT2D eigenvalue weighted by Crippen LogP contribution is 2.37. The number of amides is 1. The van der Waals surface area contributed by atoms with Crippen molar-refractivity contribution in [1.29, 1.82) is 0 Å². The van der Waals surface area contributed by atoms with Gasteiger partial charge in [-0.3, -0.25) is 4.79 Å². The molecule has 9 nitrogen and oxygen atoms in total. The largest absolute Gasteiger partial charge is 0.491 e. The average molecular weight is 460 g/mol. The van der Waals surface area contributed by atoms with Gasteiger partial charge in [-0.1, -0.05) is 18.2 Å². The van der Waals surface area contributed by atoms with Crippen molar-refractivity contribution in [3.63, 3.8) is 0 Å². The van der Waals surface area contributed by atoms with E-state index in [1.807, 2.05) is 4.90 Å². The molecule has 2 fully saturated rings. The lowest BCUT2D eigenvalue weighted by molar-refractivity contribution is -0.118. The summed E-state index contributed by atoms with van der Waals surface area (Å²) < 4.78 is 6.46. The highest BCUT2D eigenvalue weighted by atomic mass is 16.5. The molecule has 0 bridgehead atoms. The number of ether oxygens (including phenoxy) is 1. The van der Waals surface area contributed by atoms with Crippen molar-refractivity contribution < 1.29 is 9.53 Å². The predicted octanol–water partition coefficient (Wildman–Crippen LogP) is 2.75. The Balaban J connectivity index is 1.21. The van der Waals surface area contributed by atoms with E-state index in [1.165, 1.54) is 11.1 Å². The van der Waals surface area contributed by atoms with Crippen LogP contribution in [0.15, 0.2) is 42.7 Å². The topological polar surface area (TPSA) is 85.9 Å². The minimum Gasteiger partial charge on any atom is -0.491 e. The van der Waals surface area contributed by atoms with E-state index in [0.29, 0.717) is 13.3 Å². The standard InChI is InChI=1S/C25H29N7O2/c33-17-30-9-11-31(12-10-30)19-7-6-18-3-1-5-22(21(18)13-19)34-14-20-4-2-8-32(20)25-23-24(27-15-26-23)28-16-29-25/h1,3,5-7,13,16-17,20,26H,2,4,8-12,14-15H2,(H,27,28,29)/t20-/m1/s1. The second kappa shape index (κ2) is 8.89. The number of rotatable bonds is 6. The molecule has 3 aromatic rings. The number of fused-ring (bicyclic) bond motifs is 2. The molecule has 0 spiro atoms. The van der Waals surface area contributed by atoms with Crippen molar-refractivity contribution in [1.82, 2.24) is 14.9 Å². The van der Waals surface area contributed by atoms with Gasteiger partial charge in [-0.15, -0.1) is 0 Å². The first-order valence-corrected chi connectivity index (χ1v) is 12.0. The van der Waals surface area contributed by atoms with Crippen LogP contribution in [0.2, 0.25) is 0 Å². The van der Waals surface area contributed by atoms with E-state index in [-0.39, 0.29) is 6.04 Å². The van der Waals surface area contributed by atoms with Crippen LogP contribution in [-0.2, 0) is 4.79 Å². The Morgan fingerprint density at radius 1 is 1.06 bits per heavy atom. The Morgan fingerprint density at radius 3 is 2.85 bits per heavy atom. The van der Waals surface area contributed by atoms with Gasteiger partial charge in [-0.05, 0) is 36.4 Å². The number of nitrogens with zero attached hydrogens (tertiary/aromatic N) is 5. The van der Waals surface area contributed by atoms with Gasteiger partial charge in [0, 0.05) is 43.8 Å². The zero-order valence-electron chi connectivity index (χ0n) is 19.1. The molecule has 0 saturated carbocycles. The van der Waals surface area contributed by atoms with Crippen molar-refractivity contribution in [3.8, 4) is 5.75 Å². The van der Waals surface area contributed by atoms with E-state index in [2.05, 4.69) is 66.8 Å². The fourth-order valence-electron chi connectivity index (χ4n) is 5.22. The maximum atomic E-state index is 11.0. The van der Waals surface area contributed by atoms with Gasteiger partial charge in [0.2, 0.25) is 6.41 Å². The highest BCUT2D eigenvalue weighted by Gasteiger charge is 2.30. The summed E-state index contributed by atoms with van der Waals surface area (Å²) in [6.07, 6.45) is 4.76. The van der Waals surface area contributed by atoms with Gasteiger partial charge in [-0.2, -0.15) is 0 Å². The maximum Gasteiger partial charge on any atom is 0.209 e. The zero-order chi connectivity index (χ0) is 22.9. The van der Waals surface area contributed by atoms with Crippen LogP contribution in [0.1, 0.15) is 12.8 Å². The summed E-state index contributed by atoms with van der Waals surface area (Å²) in [4.78, 5) is 26.5. The first-order chi connectivity index (χ1) is 16.8. The zero-order valence-corrected chi connectivity index (χ0v) is 19.1. The lowest BCUT2D eigenvalue weighted by Crippen LogP contribution is -2.45. The Kier molecular flexibility index (Phi) is 5.44. The quantitative estimate of drug-likeness (QED) is 0.545. The molecule has 1 aromatic heterocycles. The lowest BCUT2D eigenvalue weighted by atomic mass is 10.1. The number of carbonyl (C=O) groups is 1. The van der Waals surface area contributed by atoms with E-state index in [0.717, 1.165) is 80.4 Å². The Labute approximate surface area is 198 Å². The number of anilines is 4. The van der Waals surface area contributed by atoms with Crippen LogP contribution in [-0.4, -0.2) is 73.3 Å². The Hall–Kier alpha value is -3.75. The predicted molar refractivity (Wildman–Crippen MR) is 134 cm³/mol. The summed E-state index contributed by atoms with van der Waals surface area (Å²) in [7, 11) is 0. The molecular weight excluding hydrogens is 430 g/mol. The highest BCUT2D eigenvalue weighted by molar-refractivity contribution is 5.91. The van der Waals surface area contributed by atoms with Gasteiger partial charge in [0.15, 0.2) is 11.6 Å². The Morgan fingerprint density at radius 2 is 1.97 bits per heavy atom. The fraction of sp³-hybridized carbons (Fsp3) is 0.400. The number of aromatic nitrogens is 2. The van der Waals surface area contributed by atoms with Crippen LogP contribution in [0.4, 0.5) is 23.0 Å². The molecule has 6 rings (SSSR count). The summed E-state index contributed by atoms with van der Waals surface area (Å²) in [5.74, 6) is 2.73. The molecular formula is C25H29N7O2. The van der Waals surface area contributed by atoms with Gasteiger partial charge in [-0.25, -0.2) is 9.97 Å². The molecule has 0 radical (unpaired) electrons. The van der Waals surface area contributed by atoms with Crippen LogP contribution < -0.4 is 25.2 Å². The summed E-state index contributed by atoms with van der Waals surface area (Å²) in [6, 6.07) is 13.0. The van der Waals surface area contributed by atoms with Crippen LogP contribution in [0, 0.1) is 0 Å². The summed E-state index contributed by atoms with van der Waals surface area (Å²) in [5, 5.41) is 8.90. The lowest BCUT2D eigenvalue weighted by Gasteiger charge is -2.34. The van der Waals surface area contributed by atoms with Crippen molar-refractivity contribution in [2.45, 2.75) is 18.9 Å². The molecule has 2 N–H and O–H groups in total. The number of hydrogen-bond donors (Lipinski definition) is 2. The third-order valence-electron chi connectivity index (χ3n) is 7.08. The van der Waals surface area contributed by atoms with Crippen LogP contribution >= 0.6 is 0 Å². The number of carbonyl (C=O) groups excluding carboxylic acids is 1. The first kappa shape index (κ1) is 20.8. The van der Waals surface area contributed by atoms with Gasteiger partial charge in [0.05, 0.1) is 12.7 Å². The molecule has 0 unspecified atom stereocenters. The molecule has 1 amide bonds. The third kappa shape index (κ3) is 3.81. The minimum absolute atomic E-state index is 0.260. The van der Waals surface area contributed by atoms with Crippen LogP contribution in [0.25, 0.3) is 10.8 Å². The number of piperazine rings is 1. The molecule has 1 atom stereocenters. The van der Waals surface area contributed by atoms with E-state index in [9.17, 15) is 4.79 Å².